The summed E-state index contributed by atoms with van der Waals surface area (Å²) in [4.78, 5) is 0. The molecule has 0 atom stereocenters. The number of nitrogen functional groups attached to an aromatic ring is 1. The number of hydrogen-bond donors (Lipinski definition) is 2. The molecule has 1 aliphatic rings. The monoisotopic (exact) mass is 280 g/mol. The van der Waals surface area contributed by atoms with E-state index in [0.717, 1.165) is 29.7 Å². The molecular formula is C14H20N2O2S. The first kappa shape index (κ1) is 14.1. The fraction of sp³-hybridized carbons (Fsp3) is 0.429. The molecule has 0 fully saturated rings. The SMILES string of the molecule is Nc1ccc(CCS(N)(=O)=O)cc1C1=CCCCC1. The van der Waals surface area contributed by atoms with E-state index in [4.69, 9.17) is 10.9 Å². The number of hydrogen-bond acceptors (Lipinski definition) is 3. The van der Waals surface area contributed by atoms with Gasteiger partial charge in [0.05, 0.1) is 5.75 Å². The summed E-state index contributed by atoms with van der Waals surface area (Å²) in [5, 5.41) is 5.03. The van der Waals surface area contributed by atoms with Gasteiger partial charge >= 0.3 is 0 Å². The molecule has 0 saturated carbocycles. The summed E-state index contributed by atoms with van der Waals surface area (Å²) in [6, 6.07) is 5.72. The summed E-state index contributed by atoms with van der Waals surface area (Å²) < 4.78 is 22.0. The van der Waals surface area contributed by atoms with Crippen LogP contribution < -0.4 is 10.9 Å². The van der Waals surface area contributed by atoms with Crippen molar-refractivity contribution in [2.75, 3.05) is 11.5 Å². The predicted octanol–water partition coefficient (Wildman–Crippen LogP) is 2.06. The van der Waals surface area contributed by atoms with E-state index in [-0.39, 0.29) is 5.75 Å². The summed E-state index contributed by atoms with van der Waals surface area (Å²) in [5.41, 5.74) is 10.1. The van der Waals surface area contributed by atoms with Gasteiger partial charge in [-0.2, -0.15) is 0 Å². The summed E-state index contributed by atoms with van der Waals surface area (Å²) >= 11 is 0. The molecule has 0 aromatic heterocycles. The van der Waals surface area contributed by atoms with Gasteiger partial charge in [0.2, 0.25) is 10.0 Å². The van der Waals surface area contributed by atoms with Crippen LogP contribution in [-0.4, -0.2) is 14.2 Å². The number of benzene rings is 1. The highest BCUT2D eigenvalue weighted by atomic mass is 32.2. The van der Waals surface area contributed by atoms with E-state index in [1.54, 1.807) is 0 Å². The van der Waals surface area contributed by atoms with Gasteiger partial charge in [-0.3, -0.25) is 0 Å². The lowest BCUT2D eigenvalue weighted by Crippen LogP contribution is -2.18. The van der Waals surface area contributed by atoms with E-state index in [0.29, 0.717) is 6.42 Å². The van der Waals surface area contributed by atoms with Crippen molar-refractivity contribution in [2.24, 2.45) is 5.14 Å². The highest BCUT2D eigenvalue weighted by molar-refractivity contribution is 7.89. The smallest absolute Gasteiger partial charge is 0.209 e. The molecule has 0 radical (unpaired) electrons. The van der Waals surface area contributed by atoms with Gasteiger partial charge in [0, 0.05) is 11.3 Å². The molecule has 5 heteroatoms. The van der Waals surface area contributed by atoms with Gasteiger partial charge in [-0.15, -0.1) is 0 Å². The van der Waals surface area contributed by atoms with Crippen LogP contribution in [0.25, 0.3) is 5.57 Å². The maximum atomic E-state index is 11.0. The largest absolute Gasteiger partial charge is 0.398 e. The van der Waals surface area contributed by atoms with Crippen molar-refractivity contribution in [1.82, 2.24) is 0 Å². The van der Waals surface area contributed by atoms with Crippen molar-refractivity contribution < 1.29 is 8.42 Å². The fourth-order valence-electron chi connectivity index (χ4n) is 2.38. The first-order valence-electron chi connectivity index (χ1n) is 6.54. The minimum Gasteiger partial charge on any atom is -0.398 e. The van der Waals surface area contributed by atoms with Gasteiger partial charge in [-0.25, -0.2) is 13.6 Å². The molecule has 0 bridgehead atoms. The number of aryl methyl sites for hydroxylation is 1. The van der Waals surface area contributed by atoms with Gasteiger partial charge in [0.25, 0.3) is 0 Å². The van der Waals surface area contributed by atoms with E-state index in [2.05, 4.69) is 6.08 Å². The number of allylic oxidation sites excluding steroid dienone is 2. The molecule has 4 N–H and O–H groups in total. The molecule has 0 amide bonds. The van der Waals surface area contributed by atoms with Crippen LogP contribution in [-0.2, 0) is 16.4 Å². The fourth-order valence-corrected chi connectivity index (χ4v) is 2.90. The van der Waals surface area contributed by atoms with Crippen LogP contribution in [0.5, 0.6) is 0 Å². The van der Waals surface area contributed by atoms with Crippen LogP contribution in [0.15, 0.2) is 24.3 Å². The Balaban J connectivity index is 2.22. The first-order chi connectivity index (χ1) is 8.96. The third kappa shape index (κ3) is 4.08. The minimum absolute atomic E-state index is 0.0323. The Bertz CT molecular complexity index is 591. The topological polar surface area (TPSA) is 86.2 Å². The Morgan fingerprint density at radius 2 is 2.00 bits per heavy atom. The lowest BCUT2D eigenvalue weighted by Gasteiger charge is -2.16. The van der Waals surface area contributed by atoms with Crippen molar-refractivity contribution >= 4 is 21.3 Å². The molecule has 1 aliphatic carbocycles. The Hall–Kier alpha value is -1.33. The minimum atomic E-state index is -3.42. The van der Waals surface area contributed by atoms with Crippen LogP contribution in [0.1, 0.15) is 36.8 Å². The van der Waals surface area contributed by atoms with Crippen molar-refractivity contribution in [3.63, 3.8) is 0 Å². The summed E-state index contributed by atoms with van der Waals surface area (Å²) in [7, 11) is -3.42. The molecular weight excluding hydrogens is 260 g/mol. The standard InChI is InChI=1S/C14H20N2O2S/c15-14-7-6-11(8-9-19(16,17)18)10-13(14)12-4-2-1-3-5-12/h4,6-7,10H,1-3,5,8-9,15H2,(H2,16,17,18). The molecule has 0 aliphatic heterocycles. The van der Waals surface area contributed by atoms with Gasteiger partial charge in [0.1, 0.15) is 0 Å². The third-order valence-corrected chi connectivity index (χ3v) is 4.20. The summed E-state index contributed by atoms with van der Waals surface area (Å²) in [6.07, 6.45) is 7.22. The zero-order valence-corrected chi connectivity index (χ0v) is 11.7. The van der Waals surface area contributed by atoms with Crippen LogP contribution in [0.2, 0.25) is 0 Å². The third-order valence-electron chi connectivity index (χ3n) is 3.43. The average molecular weight is 280 g/mol. The molecule has 0 heterocycles. The maximum Gasteiger partial charge on any atom is 0.209 e. The van der Waals surface area contributed by atoms with Crippen LogP contribution in [0.4, 0.5) is 5.69 Å². The van der Waals surface area contributed by atoms with Crippen LogP contribution in [0, 0.1) is 0 Å². The number of sulfonamides is 1. The van der Waals surface area contributed by atoms with E-state index in [1.807, 2.05) is 18.2 Å². The second-order valence-corrected chi connectivity index (χ2v) is 6.75. The molecule has 1 aromatic carbocycles. The highest BCUT2D eigenvalue weighted by Gasteiger charge is 2.11. The van der Waals surface area contributed by atoms with Crippen molar-refractivity contribution in [3.05, 3.63) is 35.4 Å². The molecule has 0 saturated heterocycles. The summed E-state index contributed by atoms with van der Waals surface area (Å²) in [5.74, 6) is -0.0323. The number of primary sulfonamides is 1. The van der Waals surface area contributed by atoms with Gasteiger partial charge in [-0.1, -0.05) is 12.1 Å². The van der Waals surface area contributed by atoms with E-state index < -0.39 is 10.0 Å². The molecule has 19 heavy (non-hydrogen) atoms. The summed E-state index contributed by atoms with van der Waals surface area (Å²) in [6.45, 7) is 0. The molecule has 1 aromatic rings. The van der Waals surface area contributed by atoms with Crippen LogP contribution in [0.3, 0.4) is 0 Å². The van der Waals surface area contributed by atoms with Gasteiger partial charge in [-0.05, 0) is 55.4 Å². The Morgan fingerprint density at radius 1 is 1.21 bits per heavy atom. The Morgan fingerprint density at radius 3 is 2.63 bits per heavy atom. The molecule has 0 spiro atoms. The molecule has 2 rings (SSSR count). The second kappa shape index (κ2) is 5.75. The van der Waals surface area contributed by atoms with E-state index >= 15 is 0 Å². The number of rotatable bonds is 4. The van der Waals surface area contributed by atoms with Gasteiger partial charge in [0.15, 0.2) is 0 Å². The lowest BCUT2D eigenvalue weighted by molar-refractivity contribution is 0.597. The normalized spacial score (nSPS) is 16.2. The van der Waals surface area contributed by atoms with E-state index in [1.165, 1.54) is 18.4 Å². The van der Waals surface area contributed by atoms with E-state index in [9.17, 15) is 8.42 Å². The predicted molar refractivity (Wildman–Crippen MR) is 79.0 cm³/mol. The van der Waals surface area contributed by atoms with Crippen molar-refractivity contribution in [3.8, 4) is 0 Å². The average Bonchev–Trinajstić information content (AvgIpc) is 2.38. The quantitative estimate of drug-likeness (QED) is 0.828. The number of nitrogens with two attached hydrogens (primary N) is 2. The number of anilines is 1. The maximum absolute atomic E-state index is 11.0. The Labute approximate surface area is 114 Å². The first-order valence-corrected chi connectivity index (χ1v) is 8.25. The van der Waals surface area contributed by atoms with Crippen molar-refractivity contribution in [2.45, 2.75) is 32.1 Å². The molecule has 104 valence electrons. The zero-order chi connectivity index (χ0) is 13.9. The zero-order valence-electron chi connectivity index (χ0n) is 10.9. The Kier molecular flexibility index (Phi) is 4.27. The molecule has 0 unspecified atom stereocenters. The van der Waals surface area contributed by atoms with Gasteiger partial charge < -0.3 is 5.73 Å². The van der Waals surface area contributed by atoms with Crippen molar-refractivity contribution in [1.29, 1.82) is 0 Å². The highest BCUT2D eigenvalue weighted by Crippen LogP contribution is 2.31. The second-order valence-electron chi connectivity index (χ2n) is 5.01. The lowest BCUT2D eigenvalue weighted by atomic mass is 9.91. The molecule has 4 nitrogen and oxygen atoms in total. The van der Waals surface area contributed by atoms with Crippen LogP contribution >= 0.6 is 0 Å².